The predicted molar refractivity (Wildman–Crippen MR) is 89.1 cm³/mol. The summed E-state index contributed by atoms with van der Waals surface area (Å²) in [6.45, 7) is 1.78. The highest BCUT2D eigenvalue weighted by Crippen LogP contribution is 2.37. The minimum absolute atomic E-state index is 0.192. The van der Waals surface area contributed by atoms with E-state index in [0.717, 1.165) is 17.3 Å². The van der Waals surface area contributed by atoms with Crippen molar-refractivity contribution in [1.29, 1.82) is 0 Å². The Labute approximate surface area is 142 Å². The molecule has 1 saturated heterocycles. The summed E-state index contributed by atoms with van der Waals surface area (Å²) in [7, 11) is 1.28. The maximum Gasteiger partial charge on any atom is 0.328 e. The number of amides is 1. The summed E-state index contributed by atoms with van der Waals surface area (Å²) in [5, 5.41) is 0. The van der Waals surface area contributed by atoms with E-state index >= 15 is 0 Å². The quantitative estimate of drug-likeness (QED) is 0.470. The molecule has 3 rings (SSSR count). The van der Waals surface area contributed by atoms with Gasteiger partial charge in [-0.1, -0.05) is 30.0 Å². The molecule has 1 aromatic rings. The molecule has 2 aliphatic rings. The first kappa shape index (κ1) is 15.8. The van der Waals surface area contributed by atoms with E-state index in [0.29, 0.717) is 20.7 Å². The summed E-state index contributed by atoms with van der Waals surface area (Å²) in [5.41, 5.74) is 0.792. The smallest absolute Gasteiger partial charge is 0.328 e. The monoisotopic (exact) mass is 351 g/mol. The van der Waals surface area contributed by atoms with Crippen molar-refractivity contribution < 1.29 is 23.8 Å². The van der Waals surface area contributed by atoms with Crippen molar-refractivity contribution in [3.63, 3.8) is 0 Å². The normalized spacial score (nSPS) is 19.4. The van der Waals surface area contributed by atoms with Crippen LogP contribution in [0.25, 0.3) is 6.08 Å². The van der Waals surface area contributed by atoms with Gasteiger partial charge in [0.2, 0.25) is 6.79 Å². The molecule has 0 N–H and O–H groups in total. The number of ether oxygens (including phenoxy) is 3. The van der Waals surface area contributed by atoms with Crippen LogP contribution in [0.15, 0.2) is 23.1 Å². The second kappa shape index (κ2) is 6.21. The largest absolute Gasteiger partial charge is 0.467 e. The molecule has 1 amide bonds. The van der Waals surface area contributed by atoms with Gasteiger partial charge in [-0.05, 0) is 30.7 Å². The number of fused-ring (bicyclic) bond motifs is 1. The number of thioether (sulfide) groups is 1. The fourth-order valence-electron chi connectivity index (χ4n) is 2.24. The van der Waals surface area contributed by atoms with Gasteiger partial charge in [-0.2, -0.15) is 0 Å². The van der Waals surface area contributed by atoms with Crippen molar-refractivity contribution in [2.45, 2.75) is 13.0 Å². The van der Waals surface area contributed by atoms with E-state index in [-0.39, 0.29) is 12.7 Å². The number of esters is 1. The van der Waals surface area contributed by atoms with Gasteiger partial charge < -0.3 is 14.2 Å². The lowest BCUT2D eigenvalue weighted by atomic mass is 10.2. The number of methoxy groups -OCH3 is 1. The zero-order chi connectivity index (χ0) is 16.6. The van der Waals surface area contributed by atoms with Crippen LogP contribution < -0.4 is 9.47 Å². The molecule has 2 aliphatic heterocycles. The van der Waals surface area contributed by atoms with Crippen LogP contribution in [0.3, 0.4) is 0 Å². The molecule has 1 unspecified atom stereocenters. The number of carbonyl (C=O) groups is 2. The molecule has 0 aromatic heterocycles. The van der Waals surface area contributed by atoms with Gasteiger partial charge in [0.05, 0.1) is 12.0 Å². The van der Waals surface area contributed by atoms with Crippen LogP contribution in [0.4, 0.5) is 0 Å². The van der Waals surface area contributed by atoms with Crippen LogP contribution in [-0.4, -0.2) is 41.0 Å². The van der Waals surface area contributed by atoms with Gasteiger partial charge in [0.15, 0.2) is 11.5 Å². The lowest BCUT2D eigenvalue weighted by Crippen LogP contribution is -2.42. The molecule has 6 nitrogen and oxygen atoms in total. The van der Waals surface area contributed by atoms with Gasteiger partial charge in [0, 0.05) is 0 Å². The molecule has 0 radical (unpaired) electrons. The second-order valence-electron chi connectivity index (χ2n) is 4.86. The third-order valence-electron chi connectivity index (χ3n) is 3.45. The standard InChI is InChI=1S/C15H13NO5S2/c1-8(14(18)19-2)16-13(17)12(23-15(16)22)6-9-3-4-10-11(5-9)21-7-20-10/h3-6,8H,7H2,1-2H3/b12-6-. The highest BCUT2D eigenvalue weighted by molar-refractivity contribution is 8.26. The Hall–Kier alpha value is -2.06. The van der Waals surface area contributed by atoms with Gasteiger partial charge in [0.25, 0.3) is 5.91 Å². The maximum absolute atomic E-state index is 12.5. The Balaban J connectivity index is 1.85. The van der Waals surface area contributed by atoms with E-state index in [9.17, 15) is 9.59 Å². The van der Waals surface area contributed by atoms with Crippen LogP contribution in [0, 0.1) is 0 Å². The predicted octanol–water partition coefficient (Wildman–Crippen LogP) is 2.18. The van der Waals surface area contributed by atoms with Crippen LogP contribution >= 0.6 is 24.0 Å². The van der Waals surface area contributed by atoms with Crippen molar-refractivity contribution >= 4 is 46.3 Å². The summed E-state index contributed by atoms with van der Waals surface area (Å²) in [6, 6.07) is 4.64. The Kier molecular flexibility index (Phi) is 4.27. The molecule has 0 aliphatic carbocycles. The van der Waals surface area contributed by atoms with Crippen molar-refractivity contribution in [2.24, 2.45) is 0 Å². The van der Waals surface area contributed by atoms with Gasteiger partial charge >= 0.3 is 5.97 Å². The highest BCUT2D eigenvalue weighted by atomic mass is 32.2. The Morgan fingerprint density at radius 3 is 2.91 bits per heavy atom. The SMILES string of the molecule is COC(=O)C(C)N1C(=O)/C(=C/c2ccc3c(c2)OCO3)SC1=S. The van der Waals surface area contributed by atoms with E-state index in [1.54, 1.807) is 25.1 Å². The molecule has 1 fully saturated rings. The first-order chi connectivity index (χ1) is 11.0. The molecule has 0 spiro atoms. The van der Waals surface area contributed by atoms with E-state index < -0.39 is 12.0 Å². The number of nitrogens with zero attached hydrogens (tertiary/aromatic N) is 1. The van der Waals surface area contributed by atoms with Crippen molar-refractivity contribution in [1.82, 2.24) is 4.90 Å². The average molecular weight is 351 g/mol. The molecular weight excluding hydrogens is 338 g/mol. The first-order valence-corrected chi connectivity index (χ1v) is 7.98. The number of benzene rings is 1. The second-order valence-corrected chi connectivity index (χ2v) is 6.54. The van der Waals surface area contributed by atoms with Crippen molar-refractivity contribution in [2.75, 3.05) is 13.9 Å². The van der Waals surface area contributed by atoms with Crippen LogP contribution in [-0.2, 0) is 14.3 Å². The molecule has 23 heavy (non-hydrogen) atoms. The molecular formula is C15H13NO5S2. The van der Waals surface area contributed by atoms with E-state index in [1.807, 2.05) is 6.07 Å². The number of rotatable bonds is 3. The zero-order valence-electron chi connectivity index (χ0n) is 12.4. The van der Waals surface area contributed by atoms with E-state index in [2.05, 4.69) is 4.74 Å². The van der Waals surface area contributed by atoms with E-state index in [1.165, 1.54) is 12.0 Å². The summed E-state index contributed by atoms with van der Waals surface area (Å²) in [5.74, 6) is 0.493. The Bertz CT molecular complexity index is 731. The molecule has 120 valence electrons. The topological polar surface area (TPSA) is 65.1 Å². The first-order valence-electron chi connectivity index (χ1n) is 6.76. The number of hydrogen-bond donors (Lipinski definition) is 0. The summed E-state index contributed by atoms with van der Waals surface area (Å²) < 4.78 is 15.6. The fraction of sp³-hybridized carbons (Fsp3) is 0.267. The van der Waals surface area contributed by atoms with Crippen LogP contribution in [0.2, 0.25) is 0 Å². The molecule has 1 aromatic carbocycles. The van der Waals surface area contributed by atoms with E-state index in [4.69, 9.17) is 21.7 Å². The zero-order valence-corrected chi connectivity index (χ0v) is 14.0. The molecule has 8 heteroatoms. The minimum Gasteiger partial charge on any atom is -0.467 e. The summed E-state index contributed by atoms with van der Waals surface area (Å²) >= 11 is 6.36. The number of hydrogen-bond acceptors (Lipinski definition) is 7. The molecule has 0 saturated carbocycles. The third-order valence-corrected chi connectivity index (χ3v) is 4.78. The molecule has 0 bridgehead atoms. The lowest BCUT2D eigenvalue weighted by Gasteiger charge is -2.20. The fourth-order valence-corrected chi connectivity index (χ4v) is 3.66. The lowest BCUT2D eigenvalue weighted by molar-refractivity contribution is -0.147. The number of carbonyl (C=O) groups excluding carboxylic acids is 2. The summed E-state index contributed by atoms with van der Waals surface area (Å²) in [6.07, 6.45) is 1.71. The maximum atomic E-state index is 12.5. The van der Waals surface area contributed by atoms with Gasteiger partial charge in [0.1, 0.15) is 10.4 Å². The van der Waals surface area contributed by atoms with Gasteiger partial charge in [-0.3, -0.25) is 9.69 Å². The highest BCUT2D eigenvalue weighted by Gasteiger charge is 2.38. The molecule has 2 heterocycles. The Morgan fingerprint density at radius 2 is 2.17 bits per heavy atom. The van der Waals surface area contributed by atoms with Gasteiger partial charge in [-0.15, -0.1) is 0 Å². The summed E-state index contributed by atoms with van der Waals surface area (Å²) in [4.78, 5) is 25.9. The van der Waals surface area contributed by atoms with Crippen molar-refractivity contribution in [3.8, 4) is 11.5 Å². The number of thiocarbonyl (C=S) groups is 1. The Morgan fingerprint density at radius 1 is 1.43 bits per heavy atom. The average Bonchev–Trinajstić information content (AvgIpc) is 3.10. The third kappa shape index (κ3) is 2.91. The van der Waals surface area contributed by atoms with Gasteiger partial charge in [-0.25, -0.2) is 4.79 Å². The van der Waals surface area contributed by atoms with Crippen molar-refractivity contribution in [3.05, 3.63) is 28.7 Å². The van der Waals surface area contributed by atoms with Crippen LogP contribution in [0.5, 0.6) is 11.5 Å². The van der Waals surface area contributed by atoms with Crippen LogP contribution in [0.1, 0.15) is 12.5 Å². The minimum atomic E-state index is -0.754. The molecule has 1 atom stereocenters.